The fourth-order valence-corrected chi connectivity index (χ4v) is 4.35. The van der Waals surface area contributed by atoms with Gasteiger partial charge in [-0.3, -0.25) is 29.4 Å². The number of hydrogen-bond donors (Lipinski definition) is 3. The Morgan fingerprint density at radius 1 is 1.00 bits per heavy atom. The molecule has 1 fully saturated rings. The standard InChI is InChI=1S/C24H32N4O6/c25-24(33)34-15-8-6-4-2-1-3-5-7-14-26-17-11-9-10-16-20(17)23(32)28(22(16)31)18-12-13-19(29)27-21(18)30/h9-11,18,26H,1-8,12-15H2,(H2,25,33)(H,27,29,30). The van der Waals surface area contributed by atoms with Gasteiger partial charge >= 0.3 is 6.09 Å². The molecule has 2 heterocycles. The van der Waals surface area contributed by atoms with Crippen LogP contribution in [-0.4, -0.2) is 53.8 Å². The molecule has 10 heteroatoms. The largest absolute Gasteiger partial charge is 0.450 e. The quantitative estimate of drug-likeness (QED) is 0.295. The van der Waals surface area contributed by atoms with Gasteiger partial charge in [-0.25, -0.2) is 4.79 Å². The van der Waals surface area contributed by atoms with Crippen molar-refractivity contribution >= 4 is 35.4 Å². The normalized spacial score (nSPS) is 17.5. The second-order valence-electron chi connectivity index (χ2n) is 8.60. The van der Waals surface area contributed by atoms with Gasteiger partial charge in [0.05, 0.1) is 17.7 Å². The predicted molar refractivity (Wildman–Crippen MR) is 124 cm³/mol. The van der Waals surface area contributed by atoms with Crippen molar-refractivity contribution in [2.45, 2.75) is 70.3 Å². The van der Waals surface area contributed by atoms with Crippen LogP contribution in [0.15, 0.2) is 18.2 Å². The van der Waals surface area contributed by atoms with E-state index in [0.29, 0.717) is 18.8 Å². The minimum atomic E-state index is -0.964. The van der Waals surface area contributed by atoms with E-state index in [9.17, 15) is 24.0 Å². The average Bonchev–Trinajstić information content (AvgIpc) is 3.05. The SMILES string of the molecule is NC(=O)OCCCCCCCCCCNc1cccc2c1C(=O)N(C1CCC(=O)NC1=O)C2=O. The molecule has 10 nitrogen and oxygen atoms in total. The van der Waals surface area contributed by atoms with Crippen molar-refractivity contribution < 1.29 is 28.7 Å². The Balaban J connectivity index is 1.40. The summed E-state index contributed by atoms with van der Waals surface area (Å²) in [5, 5.41) is 5.47. The maximum Gasteiger partial charge on any atom is 0.404 e. The number of unbranched alkanes of at least 4 members (excludes halogenated alkanes) is 7. The topological polar surface area (TPSA) is 148 Å². The van der Waals surface area contributed by atoms with E-state index in [0.717, 1.165) is 56.3 Å². The first-order chi connectivity index (χ1) is 16.4. The van der Waals surface area contributed by atoms with Crippen molar-refractivity contribution in [2.24, 2.45) is 5.73 Å². The van der Waals surface area contributed by atoms with E-state index in [1.807, 2.05) is 0 Å². The number of nitrogens with one attached hydrogen (secondary N) is 2. The first-order valence-corrected chi connectivity index (χ1v) is 11.9. The van der Waals surface area contributed by atoms with Crippen LogP contribution in [0.2, 0.25) is 0 Å². The Kier molecular flexibility index (Phi) is 9.00. The number of amides is 5. The van der Waals surface area contributed by atoms with Gasteiger partial charge in [0.25, 0.3) is 11.8 Å². The molecular weight excluding hydrogens is 440 g/mol. The van der Waals surface area contributed by atoms with Crippen molar-refractivity contribution in [3.05, 3.63) is 29.3 Å². The fourth-order valence-electron chi connectivity index (χ4n) is 4.35. The van der Waals surface area contributed by atoms with Gasteiger partial charge in [-0.1, -0.05) is 44.6 Å². The zero-order valence-corrected chi connectivity index (χ0v) is 19.3. The monoisotopic (exact) mass is 472 g/mol. The van der Waals surface area contributed by atoms with Crippen LogP contribution in [-0.2, 0) is 14.3 Å². The molecule has 4 N–H and O–H groups in total. The van der Waals surface area contributed by atoms with Crippen molar-refractivity contribution in [3.8, 4) is 0 Å². The van der Waals surface area contributed by atoms with Crippen LogP contribution >= 0.6 is 0 Å². The Labute approximate surface area is 198 Å². The molecular formula is C24H32N4O6. The Bertz CT molecular complexity index is 947. The number of ether oxygens (including phenoxy) is 1. The highest BCUT2D eigenvalue weighted by atomic mass is 16.5. The molecule has 0 saturated carbocycles. The first-order valence-electron chi connectivity index (χ1n) is 11.9. The minimum Gasteiger partial charge on any atom is -0.450 e. The van der Waals surface area contributed by atoms with E-state index in [1.54, 1.807) is 18.2 Å². The summed E-state index contributed by atoms with van der Waals surface area (Å²) in [6, 6.07) is 4.11. The molecule has 1 aromatic carbocycles. The van der Waals surface area contributed by atoms with Crippen LogP contribution in [0.3, 0.4) is 0 Å². The Hall–Kier alpha value is -3.43. The highest BCUT2D eigenvalue weighted by molar-refractivity contribution is 6.25. The summed E-state index contributed by atoms with van der Waals surface area (Å²) in [5.41, 5.74) is 6.07. The Morgan fingerprint density at radius 2 is 1.68 bits per heavy atom. The van der Waals surface area contributed by atoms with E-state index in [2.05, 4.69) is 10.6 Å². The molecule has 0 aliphatic carbocycles. The third-order valence-electron chi connectivity index (χ3n) is 6.10. The van der Waals surface area contributed by atoms with Gasteiger partial charge < -0.3 is 15.8 Å². The van der Waals surface area contributed by atoms with E-state index in [-0.39, 0.29) is 24.0 Å². The maximum atomic E-state index is 13.1. The smallest absolute Gasteiger partial charge is 0.404 e. The van der Waals surface area contributed by atoms with Crippen LogP contribution in [0.4, 0.5) is 10.5 Å². The molecule has 184 valence electrons. The third kappa shape index (κ3) is 6.33. The van der Waals surface area contributed by atoms with Crippen LogP contribution < -0.4 is 16.4 Å². The summed E-state index contributed by atoms with van der Waals surface area (Å²) in [4.78, 5) is 61.0. The summed E-state index contributed by atoms with van der Waals surface area (Å²) in [5.74, 6) is -2.01. The number of nitrogens with zero attached hydrogens (tertiary/aromatic N) is 1. The van der Waals surface area contributed by atoms with Crippen LogP contribution in [0, 0.1) is 0 Å². The van der Waals surface area contributed by atoms with Crippen molar-refractivity contribution in [3.63, 3.8) is 0 Å². The van der Waals surface area contributed by atoms with Gasteiger partial charge in [0.1, 0.15) is 6.04 Å². The van der Waals surface area contributed by atoms with Crippen molar-refractivity contribution in [2.75, 3.05) is 18.5 Å². The number of carbonyl (C=O) groups excluding carboxylic acids is 5. The van der Waals surface area contributed by atoms with Gasteiger partial charge in [-0.15, -0.1) is 0 Å². The predicted octanol–water partition coefficient (Wildman–Crippen LogP) is 2.72. The molecule has 1 unspecified atom stereocenters. The number of carbonyl (C=O) groups is 5. The molecule has 3 rings (SSSR count). The molecule has 2 aliphatic heterocycles. The zero-order valence-electron chi connectivity index (χ0n) is 19.3. The van der Waals surface area contributed by atoms with E-state index < -0.39 is 35.8 Å². The number of benzene rings is 1. The summed E-state index contributed by atoms with van der Waals surface area (Å²) in [7, 11) is 0. The van der Waals surface area contributed by atoms with Gasteiger partial charge in [0.15, 0.2) is 0 Å². The summed E-state index contributed by atoms with van der Waals surface area (Å²) in [6.45, 7) is 1.05. The van der Waals surface area contributed by atoms with E-state index in [1.165, 1.54) is 0 Å². The molecule has 1 atom stereocenters. The molecule has 1 saturated heterocycles. The van der Waals surface area contributed by atoms with Gasteiger partial charge in [-0.2, -0.15) is 0 Å². The third-order valence-corrected chi connectivity index (χ3v) is 6.10. The number of anilines is 1. The number of fused-ring (bicyclic) bond motifs is 1. The van der Waals surface area contributed by atoms with Crippen LogP contribution in [0.25, 0.3) is 0 Å². The molecule has 0 aromatic heterocycles. The van der Waals surface area contributed by atoms with Crippen molar-refractivity contribution in [1.82, 2.24) is 10.2 Å². The highest BCUT2D eigenvalue weighted by Gasteiger charge is 2.45. The lowest BCUT2D eigenvalue weighted by molar-refractivity contribution is -0.136. The minimum absolute atomic E-state index is 0.0959. The number of nitrogens with two attached hydrogens (primary N) is 1. The number of primary amides is 1. The summed E-state index contributed by atoms with van der Waals surface area (Å²) in [6.07, 6.45) is 7.78. The van der Waals surface area contributed by atoms with Crippen molar-refractivity contribution in [1.29, 1.82) is 0 Å². The number of piperidine rings is 1. The zero-order chi connectivity index (χ0) is 24.5. The average molecular weight is 473 g/mol. The summed E-state index contributed by atoms with van der Waals surface area (Å²) >= 11 is 0. The molecule has 5 amide bonds. The maximum absolute atomic E-state index is 13.1. The molecule has 1 aromatic rings. The molecule has 0 radical (unpaired) electrons. The number of hydrogen-bond acceptors (Lipinski definition) is 7. The second kappa shape index (κ2) is 12.2. The van der Waals surface area contributed by atoms with E-state index in [4.69, 9.17) is 10.5 Å². The lowest BCUT2D eigenvalue weighted by Gasteiger charge is -2.27. The van der Waals surface area contributed by atoms with Gasteiger partial charge in [-0.05, 0) is 31.4 Å². The molecule has 34 heavy (non-hydrogen) atoms. The number of imide groups is 2. The molecule has 2 aliphatic rings. The Morgan fingerprint density at radius 3 is 2.35 bits per heavy atom. The first kappa shape index (κ1) is 25.2. The molecule has 0 spiro atoms. The van der Waals surface area contributed by atoms with Crippen LogP contribution in [0.1, 0.15) is 84.9 Å². The van der Waals surface area contributed by atoms with Gasteiger partial charge in [0.2, 0.25) is 11.8 Å². The highest BCUT2D eigenvalue weighted by Crippen LogP contribution is 2.32. The fraction of sp³-hybridized carbons (Fsp3) is 0.542. The van der Waals surface area contributed by atoms with Gasteiger partial charge in [0, 0.05) is 18.7 Å². The summed E-state index contributed by atoms with van der Waals surface area (Å²) < 4.78 is 4.70. The van der Waals surface area contributed by atoms with E-state index >= 15 is 0 Å². The lowest BCUT2D eigenvalue weighted by Crippen LogP contribution is -2.54. The lowest BCUT2D eigenvalue weighted by atomic mass is 10.0. The number of rotatable bonds is 13. The second-order valence-corrected chi connectivity index (χ2v) is 8.60. The molecule has 0 bridgehead atoms. The van der Waals surface area contributed by atoms with Crippen LogP contribution in [0.5, 0.6) is 0 Å².